The Kier molecular flexibility index (Phi) is 0.494. The summed E-state index contributed by atoms with van der Waals surface area (Å²) in [4.78, 5) is 0. The second-order valence-electron chi connectivity index (χ2n) is 1.22. The summed E-state index contributed by atoms with van der Waals surface area (Å²) in [5.74, 6) is 0. The summed E-state index contributed by atoms with van der Waals surface area (Å²) in [6.45, 7) is 0. The van der Waals surface area contributed by atoms with E-state index in [0.29, 0.717) is 0 Å². The molecule has 0 bridgehead atoms. The Bertz CT molecular complexity index is 12.0. The van der Waals surface area contributed by atoms with Gasteiger partial charge < -0.3 is 0 Å². The van der Waals surface area contributed by atoms with Crippen molar-refractivity contribution < 1.29 is 0 Å². The van der Waals surface area contributed by atoms with Crippen molar-refractivity contribution in [3.8, 4) is 0 Å². The largest absolute Gasteiger partial charge is 0.107 e. The normalized spacial score (nSPS) is 20.0. The van der Waals surface area contributed by atoms with Crippen LogP contribution in [0.15, 0.2) is 0 Å². The Morgan fingerprint density at radius 3 is 1.75 bits per heavy atom. The number of rotatable bonds is 0. The van der Waals surface area contributed by atoms with Crippen molar-refractivity contribution in [2.75, 3.05) is 0 Å². The fraction of sp³-hybridized carbons (Fsp3) is 0.500. The maximum absolute atomic E-state index is 2.31. The van der Waals surface area contributed by atoms with Crippen LogP contribution in [0.3, 0.4) is 0 Å². The van der Waals surface area contributed by atoms with E-state index in [1.165, 1.54) is 20.8 Å². The zero-order valence-electron chi connectivity index (χ0n) is 2.70. The van der Waals surface area contributed by atoms with Crippen LogP contribution in [-0.4, -0.2) is 14.6 Å². The van der Waals surface area contributed by atoms with Gasteiger partial charge in [0.05, 0.1) is 0 Å². The highest BCUT2D eigenvalue weighted by Crippen LogP contribution is 1.90. The van der Waals surface area contributed by atoms with E-state index in [1.54, 1.807) is 0 Å². The van der Waals surface area contributed by atoms with E-state index in [9.17, 15) is 0 Å². The van der Waals surface area contributed by atoms with E-state index < -0.39 is 0 Å². The molecule has 1 radical (unpaired) electrons. The first-order chi connectivity index (χ1) is 2.00. The molecular weight excluding hydrogens is 45.6 g/mol. The second kappa shape index (κ2) is 0.832. The smallest absolute Gasteiger partial charge is 0.102 e. The van der Waals surface area contributed by atoms with Crippen molar-refractivity contribution in [3.05, 3.63) is 6.22 Å². The van der Waals surface area contributed by atoms with Crippen LogP contribution in [0.4, 0.5) is 0 Å². The highest BCUT2D eigenvalue weighted by atomic mass is 13.5. The Labute approximate surface area is 28.1 Å². The van der Waals surface area contributed by atoms with Gasteiger partial charge in [0.1, 0.15) is 14.6 Å². The Morgan fingerprint density at radius 1 is 1.50 bits per heavy atom. The van der Waals surface area contributed by atoms with Crippen molar-refractivity contribution in [1.82, 2.24) is 0 Å². The van der Waals surface area contributed by atoms with Gasteiger partial charge in [0.25, 0.3) is 0 Å². The highest BCUT2D eigenvalue weighted by Gasteiger charge is 2.01. The molecule has 0 atom stereocenters. The van der Waals surface area contributed by atoms with Gasteiger partial charge in [-0.15, -0.1) is 12.4 Å². The minimum atomic E-state index is 1.38. The molecular formula is C2H5B2. The molecule has 4 heavy (non-hydrogen) atoms. The molecule has 1 rings (SSSR count). The van der Waals surface area contributed by atoms with Crippen LogP contribution >= 0.6 is 0 Å². The van der Waals surface area contributed by atoms with Crippen LogP contribution in [0.5, 0.6) is 0 Å². The molecule has 0 unspecified atom stereocenters. The zero-order valence-corrected chi connectivity index (χ0v) is 2.70. The average molecular weight is 50.7 g/mol. The predicted molar refractivity (Wildman–Crippen MR) is 23.4 cm³/mol. The lowest BCUT2D eigenvalue weighted by atomic mass is 9.32. The predicted octanol–water partition coefficient (Wildman–Crippen LogP) is -0.632. The van der Waals surface area contributed by atoms with Crippen molar-refractivity contribution in [1.29, 1.82) is 0 Å². The molecule has 0 aliphatic carbocycles. The summed E-state index contributed by atoms with van der Waals surface area (Å²) in [7, 11) is 2.75. The Hall–Kier alpha value is 0.130. The molecule has 0 saturated carbocycles. The van der Waals surface area contributed by atoms with E-state index >= 15 is 0 Å². The fourth-order valence-corrected chi connectivity index (χ4v) is 0.204. The third kappa shape index (κ3) is 0.159. The van der Waals surface area contributed by atoms with E-state index in [4.69, 9.17) is 0 Å². The van der Waals surface area contributed by atoms with Gasteiger partial charge in [0.2, 0.25) is 0 Å². The summed E-state index contributed by atoms with van der Waals surface area (Å²) >= 11 is 0. The molecule has 1 aliphatic rings. The molecule has 0 spiro atoms. The van der Waals surface area contributed by atoms with Crippen LogP contribution in [0.25, 0.3) is 0 Å². The lowest BCUT2D eigenvalue weighted by Gasteiger charge is -2.00. The van der Waals surface area contributed by atoms with Gasteiger partial charge in [0, 0.05) is 0 Å². The molecule has 0 aromatic carbocycles. The summed E-state index contributed by atoms with van der Waals surface area (Å²) in [5.41, 5.74) is 0. The first-order valence-corrected chi connectivity index (χ1v) is 1.82. The van der Waals surface area contributed by atoms with Crippen molar-refractivity contribution >= 4 is 14.6 Å². The van der Waals surface area contributed by atoms with Gasteiger partial charge in [-0.25, -0.2) is 0 Å². The van der Waals surface area contributed by atoms with E-state index in [-0.39, 0.29) is 0 Å². The SMILES string of the molecule is B1[CH]BC1. The number of hydrogen-bond acceptors (Lipinski definition) is 0. The topological polar surface area (TPSA) is 0 Å². The van der Waals surface area contributed by atoms with Crippen molar-refractivity contribution in [3.63, 3.8) is 0 Å². The summed E-state index contributed by atoms with van der Waals surface area (Å²) in [6.07, 6.45) is 3.75. The van der Waals surface area contributed by atoms with Crippen LogP contribution in [-0.2, 0) is 0 Å². The molecule has 2 heteroatoms. The quantitative estimate of drug-likeness (QED) is 0.321. The molecule has 1 heterocycles. The van der Waals surface area contributed by atoms with E-state index in [1.807, 2.05) is 0 Å². The maximum Gasteiger partial charge on any atom is 0.107 e. The van der Waals surface area contributed by atoms with Crippen LogP contribution in [0.2, 0.25) is 6.22 Å². The average Bonchev–Trinajstić information content (AvgIpc) is 0.722. The Balaban J connectivity index is 2.00. The summed E-state index contributed by atoms with van der Waals surface area (Å²) < 4.78 is 0. The molecule has 1 saturated heterocycles. The molecule has 1 aliphatic heterocycles. The van der Waals surface area contributed by atoms with Crippen molar-refractivity contribution in [2.45, 2.75) is 6.22 Å². The molecule has 19 valence electrons. The molecule has 1 fully saturated rings. The van der Waals surface area contributed by atoms with Gasteiger partial charge in [-0.05, 0) is 0 Å². The molecule has 0 aromatic rings. The number of hydrogen-bond donors (Lipinski definition) is 0. The second-order valence-corrected chi connectivity index (χ2v) is 1.22. The first kappa shape index (κ1) is 2.37. The third-order valence-corrected chi connectivity index (χ3v) is 0.816. The minimum Gasteiger partial charge on any atom is -0.102 e. The third-order valence-electron chi connectivity index (χ3n) is 0.816. The monoisotopic (exact) mass is 51.1 g/mol. The van der Waals surface area contributed by atoms with E-state index in [0.717, 1.165) is 0 Å². The Morgan fingerprint density at radius 2 is 1.75 bits per heavy atom. The van der Waals surface area contributed by atoms with Gasteiger partial charge in [-0.2, -0.15) is 0 Å². The van der Waals surface area contributed by atoms with Crippen molar-refractivity contribution in [2.24, 2.45) is 0 Å². The van der Waals surface area contributed by atoms with Gasteiger partial charge in [-0.1, -0.05) is 0 Å². The van der Waals surface area contributed by atoms with Crippen LogP contribution in [0, 0.1) is 6.22 Å². The van der Waals surface area contributed by atoms with Gasteiger partial charge >= 0.3 is 0 Å². The minimum absolute atomic E-state index is 1.38. The summed E-state index contributed by atoms with van der Waals surface area (Å²) in [5, 5.41) is 0. The molecule has 0 amide bonds. The lowest BCUT2D eigenvalue weighted by molar-refractivity contribution is 1.87. The lowest BCUT2D eigenvalue weighted by Crippen LogP contribution is -2.13. The highest BCUT2D eigenvalue weighted by molar-refractivity contribution is 6.80. The van der Waals surface area contributed by atoms with Crippen LogP contribution < -0.4 is 0 Å². The standard InChI is InChI=1S/C2H5B2/c1-3-2-4-1/h1,3-4H,2H2. The summed E-state index contributed by atoms with van der Waals surface area (Å²) in [6, 6.07) is 0. The van der Waals surface area contributed by atoms with Gasteiger partial charge in [-0.3, -0.25) is 0 Å². The molecule has 0 nitrogen and oxygen atoms in total. The zero-order chi connectivity index (χ0) is 2.83. The fourth-order valence-electron chi connectivity index (χ4n) is 0.204. The molecule has 0 aromatic heterocycles. The first-order valence-electron chi connectivity index (χ1n) is 1.82. The molecule has 0 N–H and O–H groups in total. The van der Waals surface area contributed by atoms with Crippen LogP contribution in [0.1, 0.15) is 0 Å². The maximum atomic E-state index is 2.31. The van der Waals surface area contributed by atoms with Gasteiger partial charge in [0.15, 0.2) is 0 Å². The van der Waals surface area contributed by atoms with E-state index in [2.05, 4.69) is 6.22 Å².